The smallest absolute Gasteiger partial charge is 0.133 e. The van der Waals surface area contributed by atoms with Crippen molar-refractivity contribution >= 4 is 28.4 Å². The van der Waals surface area contributed by atoms with Gasteiger partial charge in [0.05, 0.1) is 0 Å². The van der Waals surface area contributed by atoms with Crippen molar-refractivity contribution in [3.05, 3.63) is 0 Å². The lowest BCUT2D eigenvalue weighted by atomic mass is 9.45. The molecule has 0 radical (unpaired) electrons. The molecule has 4 aliphatic carbocycles. The minimum Gasteiger partial charge on any atom is -0.300 e. The molecule has 4 aliphatic rings. The third-order valence-corrected chi connectivity index (χ3v) is 11.1. The number of rotatable bonds is 1. The lowest BCUT2D eigenvalue weighted by molar-refractivity contribution is -0.132. The molecule has 0 spiro atoms. The average molecular weight is 428 g/mol. The van der Waals surface area contributed by atoms with Crippen LogP contribution in [0.1, 0.15) is 78.6 Å². The molecule has 4 saturated carbocycles. The van der Waals surface area contributed by atoms with Gasteiger partial charge in [-0.25, -0.2) is 0 Å². The summed E-state index contributed by atoms with van der Waals surface area (Å²) >= 11 is 2.80. The van der Waals surface area contributed by atoms with E-state index in [1.165, 1.54) is 57.8 Å². The molecule has 0 heterocycles. The SMILES string of the molecule is CC(=O)[C@H]1CC[C@H]2[C@@H]3CC[C@H]4CCCC(I)[C@]4(C)[C@H]3CC[C@]12C. The first-order chi connectivity index (χ1) is 10.9. The highest BCUT2D eigenvalue weighted by Crippen LogP contribution is 2.68. The molecule has 0 aromatic carbocycles. The van der Waals surface area contributed by atoms with Crippen molar-refractivity contribution in [1.82, 2.24) is 0 Å². The van der Waals surface area contributed by atoms with E-state index < -0.39 is 0 Å². The van der Waals surface area contributed by atoms with E-state index in [0.717, 1.165) is 27.6 Å². The highest BCUT2D eigenvalue weighted by atomic mass is 127. The Bertz CT molecular complexity index is 502. The maximum Gasteiger partial charge on any atom is 0.133 e. The number of hydrogen-bond acceptors (Lipinski definition) is 1. The monoisotopic (exact) mass is 428 g/mol. The molecule has 2 heteroatoms. The zero-order valence-corrected chi connectivity index (χ0v) is 17.3. The number of carbonyl (C=O) groups is 1. The largest absolute Gasteiger partial charge is 0.300 e. The van der Waals surface area contributed by atoms with Crippen molar-refractivity contribution in [2.45, 2.75) is 82.5 Å². The van der Waals surface area contributed by atoms with Gasteiger partial charge in [-0.05, 0) is 92.8 Å². The van der Waals surface area contributed by atoms with Crippen molar-refractivity contribution in [2.24, 2.45) is 40.4 Å². The fraction of sp³-hybridized carbons (Fsp3) is 0.952. The molecule has 0 aliphatic heterocycles. The average Bonchev–Trinajstić information content (AvgIpc) is 2.86. The molecule has 8 atom stereocenters. The molecule has 0 bridgehead atoms. The van der Waals surface area contributed by atoms with Gasteiger partial charge in [-0.2, -0.15) is 0 Å². The number of carbonyl (C=O) groups excluding carboxylic acids is 1. The van der Waals surface area contributed by atoms with E-state index >= 15 is 0 Å². The van der Waals surface area contributed by atoms with Crippen molar-refractivity contribution in [1.29, 1.82) is 0 Å². The van der Waals surface area contributed by atoms with Gasteiger partial charge in [0.1, 0.15) is 5.78 Å². The Labute approximate surface area is 155 Å². The molecule has 23 heavy (non-hydrogen) atoms. The molecule has 0 saturated heterocycles. The predicted octanol–water partition coefficient (Wildman–Crippen LogP) is 6.04. The van der Waals surface area contributed by atoms with Crippen LogP contribution in [0.5, 0.6) is 0 Å². The number of Topliss-reactive ketones (excluding diaryl/α,β-unsaturated/α-hetero) is 1. The van der Waals surface area contributed by atoms with E-state index in [9.17, 15) is 4.79 Å². The number of hydrogen-bond donors (Lipinski definition) is 0. The Morgan fingerprint density at radius 1 is 0.957 bits per heavy atom. The van der Waals surface area contributed by atoms with Crippen LogP contribution in [-0.4, -0.2) is 9.71 Å². The Morgan fingerprint density at radius 2 is 1.74 bits per heavy atom. The van der Waals surface area contributed by atoms with Crippen LogP contribution in [0.15, 0.2) is 0 Å². The first-order valence-electron chi connectivity index (χ1n) is 10.0. The van der Waals surface area contributed by atoms with Crippen LogP contribution in [0.2, 0.25) is 0 Å². The van der Waals surface area contributed by atoms with Crippen molar-refractivity contribution < 1.29 is 4.79 Å². The second-order valence-corrected chi connectivity index (χ2v) is 11.2. The first-order valence-corrected chi connectivity index (χ1v) is 11.3. The summed E-state index contributed by atoms with van der Waals surface area (Å²) in [7, 11) is 0. The molecule has 4 rings (SSSR count). The van der Waals surface area contributed by atoms with E-state index in [-0.39, 0.29) is 0 Å². The van der Waals surface area contributed by atoms with Crippen LogP contribution in [0, 0.1) is 40.4 Å². The Hall–Kier alpha value is 0.400. The van der Waals surface area contributed by atoms with Gasteiger partial charge in [0, 0.05) is 9.84 Å². The van der Waals surface area contributed by atoms with E-state index in [4.69, 9.17) is 0 Å². The lowest BCUT2D eigenvalue weighted by Gasteiger charge is -2.62. The minimum absolute atomic E-state index is 0.325. The van der Waals surface area contributed by atoms with Crippen molar-refractivity contribution in [3.8, 4) is 0 Å². The molecule has 1 nitrogen and oxygen atoms in total. The second kappa shape index (κ2) is 5.71. The number of alkyl halides is 1. The molecule has 130 valence electrons. The highest BCUT2D eigenvalue weighted by Gasteiger charge is 2.61. The van der Waals surface area contributed by atoms with E-state index in [1.54, 1.807) is 0 Å². The van der Waals surface area contributed by atoms with Crippen LogP contribution in [-0.2, 0) is 4.79 Å². The fourth-order valence-electron chi connectivity index (χ4n) is 7.94. The van der Waals surface area contributed by atoms with Crippen LogP contribution < -0.4 is 0 Å². The van der Waals surface area contributed by atoms with Gasteiger partial charge in [0.15, 0.2) is 0 Å². The van der Waals surface area contributed by atoms with Gasteiger partial charge in [0.2, 0.25) is 0 Å². The quantitative estimate of drug-likeness (QED) is 0.368. The van der Waals surface area contributed by atoms with Gasteiger partial charge in [-0.15, -0.1) is 0 Å². The zero-order chi connectivity index (χ0) is 16.4. The summed E-state index contributed by atoms with van der Waals surface area (Å²) in [4.78, 5) is 12.2. The number of fused-ring (bicyclic) bond motifs is 5. The molecule has 4 fully saturated rings. The third-order valence-electron chi connectivity index (χ3n) is 9.14. The first kappa shape index (κ1) is 16.8. The molecule has 0 amide bonds. The van der Waals surface area contributed by atoms with Crippen LogP contribution >= 0.6 is 22.6 Å². The molecule has 0 aromatic rings. The summed E-state index contributed by atoms with van der Waals surface area (Å²) in [6.07, 6.45) is 12.5. The Morgan fingerprint density at radius 3 is 2.48 bits per heavy atom. The normalized spacial score (nSPS) is 55.7. The summed E-state index contributed by atoms with van der Waals surface area (Å²) in [5.74, 6) is 4.49. The lowest BCUT2D eigenvalue weighted by Crippen LogP contribution is -2.56. The topological polar surface area (TPSA) is 17.1 Å². The maximum atomic E-state index is 12.2. The number of ketones is 1. The van der Waals surface area contributed by atoms with E-state index in [2.05, 4.69) is 36.4 Å². The van der Waals surface area contributed by atoms with Gasteiger partial charge >= 0.3 is 0 Å². The molecular weight excluding hydrogens is 395 g/mol. The summed E-state index contributed by atoms with van der Waals surface area (Å²) in [5.41, 5.74) is 0.906. The summed E-state index contributed by atoms with van der Waals surface area (Å²) in [6.45, 7) is 6.99. The van der Waals surface area contributed by atoms with Crippen molar-refractivity contribution in [2.75, 3.05) is 0 Å². The molecule has 0 aromatic heterocycles. The van der Waals surface area contributed by atoms with E-state index in [1.807, 2.05) is 6.92 Å². The summed E-state index contributed by atoms with van der Waals surface area (Å²) in [6, 6.07) is 0. The second-order valence-electron chi connectivity index (χ2n) is 9.70. The molecule has 0 N–H and O–H groups in total. The van der Waals surface area contributed by atoms with Gasteiger partial charge in [-0.3, -0.25) is 4.79 Å². The zero-order valence-electron chi connectivity index (χ0n) is 15.1. The summed E-state index contributed by atoms with van der Waals surface area (Å²) in [5, 5.41) is 0. The standard InChI is InChI=1S/C21H33IO/c1-13(23)16-9-10-17-15-8-7-14-5-4-6-19(22)21(14,3)18(15)11-12-20(16,17)2/h14-19H,4-12H2,1-3H3/t14-,15+,16-,17+,18+,19?,20-,21+/m1/s1. The van der Waals surface area contributed by atoms with Gasteiger partial charge in [-0.1, -0.05) is 42.9 Å². The number of halogens is 1. The fourth-order valence-corrected chi connectivity index (χ4v) is 9.35. The van der Waals surface area contributed by atoms with Crippen LogP contribution in [0.4, 0.5) is 0 Å². The van der Waals surface area contributed by atoms with Crippen LogP contribution in [0.3, 0.4) is 0 Å². The van der Waals surface area contributed by atoms with Gasteiger partial charge < -0.3 is 0 Å². The highest BCUT2D eigenvalue weighted by molar-refractivity contribution is 14.1. The van der Waals surface area contributed by atoms with Gasteiger partial charge in [0.25, 0.3) is 0 Å². The minimum atomic E-state index is 0.325. The van der Waals surface area contributed by atoms with Crippen LogP contribution in [0.25, 0.3) is 0 Å². The van der Waals surface area contributed by atoms with Crippen molar-refractivity contribution in [3.63, 3.8) is 0 Å². The molecule has 1 unspecified atom stereocenters. The summed E-state index contributed by atoms with van der Waals surface area (Å²) < 4.78 is 0.876. The Balaban J connectivity index is 1.66. The molecular formula is C21H33IO. The maximum absolute atomic E-state index is 12.2. The Kier molecular flexibility index (Phi) is 4.18. The third kappa shape index (κ3) is 2.25. The van der Waals surface area contributed by atoms with E-state index in [0.29, 0.717) is 22.5 Å². The predicted molar refractivity (Wildman–Crippen MR) is 104 cm³/mol.